The van der Waals surface area contributed by atoms with Gasteiger partial charge in [0.05, 0.1) is 21.4 Å². The van der Waals surface area contributed by atoms with Gasteiger partial charge in [-0.15, -0.1) is 22.9 Å². The Morgan fingerprint density at radius 1 is 1.30 bits per heavy atom. The minimum Gasteiger partial charge on any atom is -0.327 e. The fourth-order valence-electron chi connectivity index (χ4n) is 2.24. The number of alkyl halides is 1. The summed E-state index contributed by atoms with van der Waals surface area (Å²) in [5, 5.41) is 3.87. The molecule has 0 aliphatic heterocycles. The third-order valence-corrected chi connectivity index (χ3v) is 4.71. The summed E-state index contributed by atoms with van der Waals surface area (Å²) in [6.07, 6.45) is 0.875. The molecule has 0 fully saturated rings. The molecule has 3 rings (SSSR count). The van der Waals surface area contributed by atoms with Gasteiger partial charge in [0.25, 0.3) is 0 Å². The molecule has 0 unspecified atom stereocenters. The number of fused-ring (bicyclic) bond motifs is 1. The van der Waals surface area contributed by atoms with Crippen LogP contribution in [0.2, 0.25) is 5.02 Å². The van der Waals surface area contributed by atoms with E-state index in [4.69, 9.17) is 23.2 Å². The molecule has 0 saturated carbocycles. The summed E-state index contributed by atoms with van der Waals surface area (Å²) in [5.41, 5.74) is 2.92. The standard InChI is InChI=1S/C14H13Cl2N3S/c1-9-8-20-13(17-9)5-6-19-11-4-2-3-10(16)14(11)18-12(19)7-15/h2-4,8H,5-7H2,1H3. The van der Waals surface area contributed by atoms with Crippen LogP contribution in [-0.2, 0) is 18.8 Å². The van der Waals surface area contributed by atoms with Crippen LogP contribution in [0.15, 0.2) is 23.6 Å². The number of imidazole rings is 1. The van der Waals surface area contributed by atoms with Gasteiger partial charge < -0.3 is 4.57 Å². The summed E-state index contributed by atoms with van der Waals surface area (Å²) in [6.45, 7) is 2.82. The van der Waals surface area contributed by atoms with Gasteiger partial charge in [0.15, 0.2) is 0 Å². The van der Waals surface area contributed by atoms with Crippen molar-refractivity contribution in [1.82, 2.24) is 14.5 Å². The van der Waals surface area contributed by atoms with E-state index in [1.165, 1.54) is 0 Å². The summed E-state index contributed by atoms with van der Waals surface area (Å²) < 4.78 is 2.13. The fraction of sp³-hybridized carbons (Fsp3) is 0.286. The zero-order valence-electron chi connectivity index (χ0n) is 10.9. The maximum Gasteiger partial charge on any atom is 0.124 e. The third-order valence-electron chi connectivity index (χ3n) is 3.14. The first-order valence-electron chi connectivity index (χ1n) is 6.29. The zero-order chi connectivity index (χ0) is 14.1. The van der Waals surface area contributed by atoms with Gasteiger partial charge in [0.2, 0.25) is 0 Å². The Hall–Kier alpha value is -1.10. The van der Waals surface area contributed by atoms with Crippen molar-refractivity contribution < 1.29 is 0 Å². The van der Waals surface area contributed by atoms with Crippen LogP contribution in [0.25, 0.3) is 11.0 Å². The van der Waals surface area contributed by atoms with Crippen molar-refractivity contribution in [3.05, 3.63) is 45.1 Å². The molecule has 104 valence electrons. The second-order valence-corrected chi connectivity index (χ2v) is 6.17. The summed E-state index contributed by atoms with van der Waals surface area (Å²) >= 11 is 13.9. The Morgan fingerprint density at radius 3 is 2.85 bits per heavy atom. The number of aryl methyl sites for hydroxylation is 3. The molecular formula is C14H13Cl2N3S. The molecule has 0 radical (unpaired) electrons. The molecular weight excluding hydrogens is 313 g/mol. The number of benzene rings is 1. The first-order valence-corrected chi connectivity index (χ1v) is 8.09. The van der Waals surface area contributed by atoms with Gasteiger partial charge in [0.1, 0.15) is 11.3 Å². The molecule has 3 aromatic rings. The molecule has 0 aliphatic rings. The van der Waals surface area contributed by atoms with Crippen molar-refractivity contribution in [2.45, 2.75) is 25.8 Å². The van der Waals surface area contributed by atoms with Crippen LogP contribution in [0.5, 0.6) is 0 Å². The lowest BCUT2D eigenvalue weighted by molar-refractivity contribution is 0.685. The third kappa shape index (κ3) is 2.55. The van der Waals surface area contributed by atoms with E-state index in [2.05, 4.69) is 19.9 Å². The van der Waals surface area contributed by atoms with Gasteiger partial charge in [-0.2, -0.15) is 0 Å². The molecule has 0 amide bonds. The first-order chi connectivity index (χ1) is 9.69. The van der Waals surface area contributed by atoms with Crippen LogP contribution in [0.4, 0.5) is 0 Å². The summed E-state index contributed by atoms with van der Waals surface area (Å²) in [4.78, 5) is 9.02. The summed E-state index contributed by atoms with van der Waals surface area (Å²) in [5.74, 6) is 1.23. The summed E-state index contributed by atoms with van der Waals surface area (Å²) in [6, 6.07) is 5.81. The van der Waals surface area contributed by atoms with Crippen LogP contribution in [0, 0.1) is 6.92 Å². The number of hydrogen-bond acceptors (Lipinski definition) is 3. The van der Waals surface area contributed by atoms with Crippen molar-refractivity contribution in [1.29, 1.82) is 0 Å². The number of rotatable bonds is 4. The minimum absolute atomic E-state index is 0.377. The Balaban J connectivity index is 1.95. The van der Waals surface area contributed by atoms with Crippen molar-refractivity contribution >= 4 is 45.6 Å². The lowest BCUT2D eigenvalue weighted by Crippen LogP contribution is -2.05. The number of nitrogens with zero attached hydrogens (tertiary/aromatic N) is 3. The number of aromatic nitrogens is 3. The van der Waals surface area contributed by atoms with Crippen LogP contribution in [0.3, 0.4) is 0 Å². The van der Waals surface area contributed by atoms with Crippen LogP contribution >= 0.6 is 34.5 Å². The van der Waals surface area contributed by atoms with Crippen molar-refractivity contribution in [3.8, 4) is 0 Å². The van der Waals surface area contributed by atoms with Gasteiger partial charge in [0, 0.05) is 24.0 Å². The molecule has 2 heterocycles. The molecule has 0 spiro atoms. The van der Waals surface area contributed by atoms with Crippen molar-refractivity contribution in [2.24, 2.45) is 0 Å². The van der Waals surface area contributed by atoms with E-state index in [0.29, 0.717) is 10.9 Å². The Kier molecular flexibility index (Phi) is 3.96. The van der Waals surface area contributed by atoms with Crippen LogP contribution < -0.4 is 0 Å². The van der Waals surface area contributed by atoms with Crippen molar-refractivity contribution in [3.63, 3.8) is 0 Å². The van der Waals surface area contributed by atoms with E-state index in [9.17, 15) is 0 Å². The van der Waals surface area contributed by atoms with E-state index < -0.39 is 0 Å². The normalized spacial score (nSPS) is 11.3. The highest BCUT2D eigenvalue weighted by Gasteiger charge is 2.12. The number of para-hydroxylation sites is 1. The van der Waals surface area contributed by atoms with E-state index in [1.54, 1.807) is 11.3 Å². The SMILES string of the molecule is Cc1csc(CCn2c(CCl)nc3c(Cl)cccc32)n1. The Morgan fingerprint density at radius 2 is 2.15 bits per heavy atom. The number of thiazole rings is 1. The predicted octanol–water partition coefficient (Wildman–Crippen LogP) is 4.44. The highest BCUT2D eigenvalue weighted by molar-refractivity contribution is 7.09. The molecule has 1 aromatic carbocycles. The molecule has 3 nitrogen and oxygen atoms in total. The van der Waals surface area contributed by atoms with E-state index in [1.807, 2.05) is 25.1 Å². The lowest BCUT2D eigenvalue weighted by Gasteiger charge is -2.06. The van der Waals surface area contributed by atoms with Crippen LogP contribution in [-0.4, -0.2) is 14.5 Å². The van der Waals surface area contributed by atoms with E-state index in [-0.39, 0.29) is 0 Å². The van der Waals surface area contributed by atoms with Gasteiger partial charge in [-0.1, -0.05) is 17.7 Å². The average Bonchev–Trinajstić information content (AvgIpc) is 3.01. The van der Waals surface area contributed by atoms with Crippen molar-refractivity contribution in [2.75, 3.05) is 0 Å². The number of halogens is 2. The maximum atomic E-state index is 6.19. The van der Waals surface area contributed by atoms with Crippen LogP contribution in [0.1, 0.15) is 16.5 Å². The van der Waals surface area contributed by atoms with E-state index in [0.717, 1.165) is 40.5 Å². The van der Waals surface area contributed by atoms with Gasteiger partial charge in [-0.3, -0.25) is 0 Å². The first kappa shape index (κ1) is 13.9. The monoisotopic (exact) mass is 325 g/mol. The highest BCUT2D eigenvalue weighted by atomic mass is 35.5. The zero-order valence-corrected chi connectivity index (χ0v) is 13.3. The molecule has 0 saturated heterocycles. The van der Waals surface area contributed by atoms with Gasteiger partial charge in [-0.05, 0) is 19.1 Å². The molecule has 0 bridgehead atoms. The molecule has 20 heavy (non-hydrogen) atoms. The molecule has 0 atom stereocenters. The molecule has 0 aliphatic carbocycles. The largest absolute Gasteiger partial charge is 0.327 e. The Labute approximate surface area is 131 Å². The average molecular weight is 326 g/mol. The van der Waals surface area contributed by atoms with Gasteiger partial charge >= 0.3 is 0 Å². The molecule has 0 N–H and O–H groups in total. The number of hydrogen-bond donors (Lipinski definition) is 0. The fourth-order valence-corrected chi connectivity index (χ4v) is 3.42. The highest BCUT2D eigenvalue weighted by Crippen LogP contribution is 2.25. The maximum absolute atomic E-state index is 6.19. The Bertz CT molecular complexity index is 748. The van der Waals surface area contributed by atoms with E-state index >= 15 is 0 Å². The lowest BCUT2D eigenvalue weighted by atomic mass is 10.3. The predicted molar refractivity (Wildman–Crippen MR) is 84.9 cm³/mol. The second-order valence-electron chi connectivity index (χ2n) is 4.55. The summed E-state index contributed by atoms with van der Waals surface area (Å²) in [7, 11) is 0. The molecule has 6 heteroatoms. The smallest absolute Gasteiger partial charge is 0.124 e. The second kappa shape index (κ2) is 5.72. The topological polar surface area (TPSA) is 30.7 Å². The van der Waals surface area contributed by atoms with Gasteiger partial charge in [-0.25, -0.2) is 9.97 Å². The molecule has 2 aromatic heterocycles. The quantitative estimate of drug-likeness (QED) is 0.664. The minimum atomic E-state index is 0.377.